The summed E-state index contributed by atoms with van der Waals surface area (Å²) in [7, 11) is 0. The Bertz CT molecular complexity index is 353. The highest BCUT2D eigenvalue weighted by Crippen LogP contribution is 2.14. The highest BCUT2D eigenvalue weighted by atomic mass is 35.5. The maximum Gasteiger partial charge on any atom is 0.282 e. The third kappa shape index (κ3) is 3.73. The number of amides is 1. The van der Waals surface area contributed by atoms with Gasteiger partial charge in [-0.1, -0.05) is 18.3 Å². The van der Waals surface area contributed by atoms with Crippen LogP contribution in [0.1, 0.15) is 30.1 Å². The number of nitrogens with one attached hydrogen (secondary N) is 1. The molecule has 0 aliphatic carbocycles. The lowest BCUT2D eigenvalue weighted by Gasteiger charge is -2.20. The Morgan fingerprint density at radius 3 is 2.80 bits per heavy atom. The maximum absolute atomic E-state index is 11.4. The first-order chi connectivity index (χ1) is 6.94. The third-order valence-corrected chi connectivity index (χ3v) is 3.00. The van der Waals surface area contributed by atoms with E-state index in [4.69, 9.17) is 11.6 Å². The Morgan fingerprint density at radius 2 is 2.33 bits per heavy atom. The van der Waals surface area contributed by atoms with Crippen molar-refractivity contribution in [1.29, 1.82) is 0 Å². The summed E-state index contributed by atoms with van der Waals surface area (Å²) in [6, 6.07) is 0. The first-order valence-corrected chi connectivity index (χ1v) is 5.63. The van der Waals surface area contributed by atoms with Crippen molar-refractivity contribution in [3.8, 4) is 0 Å². The molecule has 1 aromatic rings. The first kappa shape index (κ1) is 12.4. The van der Waals surface area contributed by atoms with Crippen molar-refractivity contribution in [2.45, 2.75) is 25.9 Å². The lowest BCUT2D eigenvalue weighted by Crippen LogP contribution is -2.40. The van der Waals surface area contributed by atoms with Crippen LogP contribution in [0.5, 0.6) is 0 Å². The number of aliphatic hydroxyl groups is 1. The molecule has 0 aromatic carbocycles. The van der Waals surface area contributed by atoms with Crippen LogP contribution < -0.4 is 5.32 Å². The Kier molecular flexibility index (Phi) is 4.01. The van der Waals surface area contributed by atoms with Crippen LogP contribution in [0, 0.1) is 0 Å². The monoisotopic (exact) mass is 249 g/mol. The largest absolute Gasteiger partial charge is 0.388 e. The number of halogens is 1. The van der Waals surface area contributed by atoms with E-state index >= 15 is 0 Å². The molecule has 15 heavy (non-hydrogen) atoms. The van der Waals surface area contributed by atoms with Gasteiger partial charge in [-0.25, -0.2) is 0 Å². The van der Waals surface area contributed by atoms with Crippen LogP contribution in [0.3, 0.4) is 0 Å². The zero-order valence-corrected chi connectivity index (χ0v) is 10.0. The minimum absolute atomic E-state index is 0.180. The first-order valence-electron chi connectivity index (χ1n) is 4.44. The minimum Gasteiger partial charge on any atom is -0.388 e. The van der Waals surface area contributed by atoms with Crippen LogP contribution in [-0.2, 0) is 0 Å². The average Bonchev–Trinajstić information content (AvgIpc) is 2.61. The van der Waals surface area contributed by atoms with E-state index in [9.17, 15) is 9.90 Å². The summed E-state index contributed by atoms with van der Waals surface area (Å²) in [5, 5.41) is 19.5. The normalized spacial score (nSPS) is 14.7. The molecule has 2 N–H and O–H groups in total. The van der Waals surface area contributed by atoms with Crippen molar-refractivity contribution in [3.05, 3.63) is 9.47 Å². The van der Waals surface area contributed by atoms with Crippen LogP contribution in [0.25, 0.3) is 0 Å². The molecule has 84 valence electrons. The van der Waals surface area contributed by atoms with Gasteiger partial charge in [0.15, 0.2) is 0 Å². The summed E-state index contributed by atoms with van der Waals surface area (Å²) >= 11 is 6.54. The topological polar surface area (TPSA) is 75.1 Å². The second kappa shape index (κ2) is 4.87. The summed E-state index contributed by atoms with van der Waals surface area (Å²) in [6.07, 6.45) is 0.560. The van der Waals surface area contributed by atoms with Crippen LogP contribution in [0.2, 0.25) is 4.47 Å². The smallest absolute Gasteiger partial charge is 0.282 e. The van der Waals surface area contributed by atoms with Crippen molar-refractivity contribution < 1.29 is 9.90 Å². The summed E-state index contributed by atoms with van der Waals surface area (Å²) in [4.78, 5) is 11.4. The third-order valence-electron chi connectivity index (χ3n) is 1.99. The standard InChI is InChI=1S/C8H12ClN3O2S/c1-3-8(2,14)4-10-5(13)6-11-12-7(9)15-6/h14H,3-4H2,1-2H3,(H,10,13). The van der Waals surface area contributed by atoms with E-state index in [1.165, 1.54) is 0 Å². The molecule has 1 heterocycles. The molecule has 0 aliphatic rings. The van der Waals surface area contributed by atoms with Crippen molar-refractivity contribution >= 4 is 28.8 Å². The quantitative estimate of drug-likeness (QED) is 0.838. The lowest BCUT2D eigenvalue weighted by molar-refractivity contribution is 0.0518. The maximum atomic E-state index is 11.4. The second-order valence-corrected chi connectivity index (χ2v) is 4.95. The van der Waals surface area contributed by atoms with Gasteiger partial charge in [-0.2, -0.15) is 0 Å². The molecule has 1 unspecified atom stereocenters. The number of hydrogen-bond acceptors (Lipinski definition) is 5. The summed E-state index contributed by atoms with van der Waals surface area (Å²) in [6.45, 7) is 3.67. The van der Waals surface area contributed by atoms with E-state index < -0.39 is 5.60 Å². The van der Waals surface area contributed by atoms with Gasteiger partial charge < -0.3 is 10.4 Å². The number of rotatable bonds is 4. The molecule has 0 saturated heterocycles. The van der Waals surface area contributed by atoms with Crippen LogP contribution >= 0.6 is 22.9 Å². The summed E-state index contributed by atoms with van der Waals surface area (Å²) in [5.41, 5.74) is -0.899. The number of hydrogen-bond donors (Lipinski definition) is 2. The fraction of sp³-hybridized carbons (Fsp3) is 0.625. The molecule has 1 rings (SSSR count). The molecule has 0 bridgehead atoms. The lowest BCUT2D eigenvalue weighted by atomic mass is 10.0. The number of nitrogens with zero attached hydrogens (tertiary/aromatic N) is 2. The fourth-order valence-corrected chi connectivity index (χ4v) is 1.51. The Balaban J connectivity index is 2.50. The van der Waals surface area contributed by atoms with Gasteiger partial charge in [0.05, 0.1) is 5.60 Å². The molecular formula is C8H12ClN3O2S. The van der Waals surface area contributed by atoms with E-state index in [1.54, 1.807) is 6.92 Å². The van der Waals surface area contributed by atoms with E-state index in [0.717, 1.165) is 11.3 Å². The van der Waals surface area contributed by atoms with Crippen molar-refractivity contribution in [2.24, 2.45) is 0 Å². The van der Waals surface area contributed by atoms with Gasteiger partial charge in [-0.3, -0.25) is 4.79 Å². The Morgan fingerprint density at radius 1 is 1.67 bits per heavy atom. The molecule has 1 amide bonds. The number of carbonyl (C=O) groups is 1. The van der Waals surface area contributed by atoms with Crippen LogP contribution in [0.4, 0.5) is 0 Å². The fourth-order valence-electron chi connectivity index (χ4n) is 0.768. The summed E-state index contributed by atoms with van der Waals surface area (Å²) < 4.78 is 0.224. The van der Waals surface area contributed by atoms with Crippen LogP contribution in [-0.4, -0.2) is 33.4 Å². The Hall–Kier alpha value is -0.720. The number of carbonyl (C=O) groups excluding carboxylic acids is 1. The highest BCUT2D eigenvalue weighted by Gasteiger charge is 2.20. The van der Waals surface area contributed by atoms with Crippen molar-refractivity contribution in [2.75, 3.05) is 6.54 Å². The van der Waals surface area contributed by atoms with Crippen molar-refractivity contribution in [1.82, 2.24) is 15.5 Å². The summed E-state index contributed by atoms with van der Waals surface area (Å²) in [5.74, 6) is -0.367. The zero-order valence-electron chi connectivity index (χ0n) is 8.45. The van der Waals surface area contributed by atoms with Gasteiger partial charge in [-0.05, 0) is 24.9 Å². The molecule has 5 nitrogen and oxygen atoms in total. The molecule has 0 radical (unpaired) electrons. The molecule has 1 atom stereocenters. The van der Waals surface area contributed by atoms with Gasteiger partial charge in [0, 0.05) is 6.54 Å². The molecule has 0 fully saturated rings. The highest BCUT2D eigenvalue weighted by molar-refractivity contribution is 7.17. The molecule has 7 heteroatoms. The molecule has 0 spiro atoms. The van der Waals surface area contributed by atoms with Gasteiger partial charge in [0.1, 0.15) is 0 Å². The van der Waals surface area contributed by atoms with Crippen molar-refractivity contribution in [3.63, 3.8) is 0 Å². The molecular weight excluding hydrogens is 238 g/mol. The molecule has 0 saturated carbocycles. The number of aromatic nitrogens is 2. The second-order valence-electron chi connectivity index (χ2n) is 3.39. The predicted molar refractivity (Wildman–Crippen MR) is 58.2 cm³/mol. The van der Waals surface area contributed by atoms with E-state index in [0.29, 0.717) is 6.42 Å². The van der Waals surface area contributed by atoms with E-state index in [2.05, 4.69) is 15.5 Å². The zero-order chi connectivity index (χ0) is 11.5. The van der Waals surface area contributed by atoms with Gasteiger partial charge in [0.2, 0.25) is 9.47 Å². The van der Waals surface area contributed by atoms with Gasteiger partial charge >= 0.3 is 0 Å². The molecule has 0 aliphatic heterocycles. The van der Waals surface area contributed by atoms with E-state index in [-0.39, 0.29) is 21.9 Å². The van der Waals surface area contributed by atoms with Gasteiger partial charge in [-0.15, -0.1) is 10.2 Å². The van der Waals surface area contributed by atoms with E-state index in [1.807, 2.05) is 6.92 Å². The minimum atomic E-state index is -0.899. The SMILES string of the molecule is CCC(C)(O)CNC(=O)c1nnc(Cl)s1. The predicted octanol–water partition coefficient (Wildman–Crippen LogP) is 1.08. The average molecular weight is 250 g/mol. The molecule has 1 aromatic heterocycles. The Labute approximate surface area is 96.5 Å². The van der Waals surface area contributed by atoms with Crippen LogP contribution in [0.15, 0.2) is 0 Å². The van der Waals surface area contributed by atoms with Gasteiger partial charge in [0.25, 0.3) is 5.91 Å².